The number of para-hydroxylation sites is 1. The van der Waals surface area contributed by atoms with Gasteiger partial charge in [-0.25, -0.2) is 4.79 Å². The molecule has 1 aromatic heterocycles. The number of amides is 1. The van der Waals surface area contributed by atoms with E-state index in [-0.39, 0.29) is 30.5 Å². The van der Waals surface area contributed by atoms with Crippen LogP contribution in [0, 0.1) is 0 Å². The third kappa shape index (κ3) is 5.38. The van der Waals surface area contributed by atoms with Gasteiger partial charge in [0.15, 0.2) is 0 Å². The van der Waals surface area contributed by atoms with Gasteiger partial charge in [0.2, 0.25) is 5.91 Å². The fourth-order valence-corrected chi connectivity index (χ4v) is 5.33. The minimum absolute atomic E-state index is 0.00155. The normalized spacial score (nSPS) is 14.8. The molecule has 5 rings (SSSR count). The van der Waals surface area contributed by atoms with Crippen molar-refractivity contribution in [1.29, 1.82) is 0 Å². The maximum atomic E-state index is 13.6. The largest absolute Gasteiger partial charge is 0.383 e. The van der Waals surface area contributed by atoms with Gasteiger partial charge in [0.05, 0.1) is 13.1 Å². The predicted molar refractivity (Wildman–Crippen MR) is 147 cm³/mol. The molecule has 0 saturated carbocycles. The summed E-state index contributed by atoms with van der Waals surface area (Å²) in [5.74, 6) is -0.0213. The number of fused-ring (bicyclic) bond motifs is 1. The van der Waals surface area contributed by atoms with Gasteiger partial charge in [-0.05, 0) is 55.7 Å². The van der Waals surface area contributed by atoms with Crippen molar-refractivity contribution in [1.82, 2.24) is 9.55 Å². The Labute approximate surface area is 216 Å². The van der Waals surface area contributed by atoms with Crippen LogP contribution >= 0.6 is 0 Å². The lowest BCUT2D eigenvalue weighted by Crippen LogP contribution is -2.44. The number of carbonyl (C=O) groups excluding carboxylic acids is 1. The zero-order valence-electron chi connectivity index (χ0n) is 21.0. The van der Waals surface area contributed by atoms with Gasteiger partial charge in [-0.2, -0.15) is 0 Å². The van der Waals surface area contributed by atoms with Crippen LogP contribution in [-0.2, 0) is 17.8 Å². The summed E-state index contributed by atoms with van der Waals surface area (Å²) < 4.78 is 1.37. The molecule has 3 N–H and O–H groups in total. The molecule has 0 fully saturated rings. The number of nitrogens with one attached hydrogen (secondary N) is 1. The zero-order chi connectivity index (χ0) is 25.8. The maximum absolute atomic E-state index is 13.6. The number of benzene rings is 2. The molecule has 0 radical (unpaired) electrons. The summed E-state index contributed by atoms with van der Waals surface area (Å²) in [7, 11) is 0. The molecule has 2 aromatic carbocycles. The summed E-state index contributed by atoms with van der Waals surface area (Å²) in [5, 5.41) is 0. The van der Waals surface area contributed by atoms with Crippen LogP contribution in [0.4, 0.5) is 17.2 Å². The van der Waals surface area contributed by atoms with Gasteiger partial charge in [0.25, 0.3) is 5.56 Å². The number of aromatic nitrogens is 2. The van der Waals surface area contributed by atoms with E-state index in [0.29, 0.717) is 13.1 Å². The molecule has 2 aliphatic rings. The van der Waals surface area contributed by atoms with Crippen molar-refractivity contribution in [3.05, 3.63) is 98.2 Å². The van der Waals surface area contributed by atoms with Gasteiger partial charge in [0, 0.05) is 18.8 Å². The first-order valence-electron chi connectivity index (χ1n) is 13.0. The summed E-state index contributed by atoms with van der Waals surface area (Å²) in [6, 6.07) is 17.4. The summed E-state index contributed by atoms with van der Waals surface area (Å²) in [4.78, 5) is 45.4. The SMILES string of the molecule is Nc1c(N(CCC2=CCCCC2)CC(=O)N2CCc3ccccc32)c(=O)[nH]c(=O)n1Cc1ccccc1. The number of nitrogen functional groups attached to an aromatic ring is 1. The van der Waals surface area contributed by atoms with Crippen molar-refractivity contribution in [2.24, 2.45) is 0 Å². The van der Waals surface area contributed by atoms with Crippen molar-refractivity contribution in [2.45, 2.75) is 45.1 Å². The number of nitrogens with zero attached hydrogens (tertiary/aromatic N) is 3. The quantitative estimate of drug-likeness (QED) is 0.462. The van der Waals surface area contributed by atoms with E-state index in [2.05, 4.69) is 11.1 Å². The monoisotopic (exact) mass is 499 g/mol. The van der Waals surface area contributed by atoms with E-state index in [1.165, 1.54) is 16.6 Å². The highest BCUT2D eigenvalue weighted by Gasteiger charge is 2.28. The molecule has 0 bridgehead atoms. The highest BCUT2D eigenvalue weighted by atomic mass is 16.2. The number of H-pyrrole nitrogens is 1. The molecule has 0 atom stereocenters. The molecular weight excluding hydrogens is 466 g/mol. The summed E-state index contributed by atoms with van der Waals surface area (Å²) >= 11 is 0. The van der Waals surface area contributed by atoms with Crippen LogP contribution in [0.25, 0.3) is 0 Å². The third-order valence-corrected chi connectivity index (χ3v) is 7.32. The molecule has 1 aliphatic carbocycles. The fourth-order valence-electron chi connectivity index (χ4n) is 5.33. The van der Waals surface area contributed by atoms with Crippen LogP contribution in [0.15, 0.2) is 75.8 Å². The molecule has 37 heavy (non-hydrogen) atoms. The predicted octanol–water partition coefficient (Wildman–Crippen LogP) is 3.45. The lowest BCUT2D eigenvalue weighted by Gasteiger charge is -2.29. The summed E-state index contributed by atoms with van der Waals surface area (Å²) in [6.45, 7) is 1.29. The minimum atomic E-state index is -0.570. The fraction of sp³-hybridized carbons (Fsp3) is 0.345. The van der Waals surface area contributed by atoms with Crippen molar-refractivity contribution < 1.29 is 4.79 Å². The first kappa shape index (κ1) is 24.6. The Morgan fingerprint density at radius 1 is 1.00 bits per heavy atom. The molecule has 8 nitrogen and oxygen atoms in total. The first-order chi connectivity index (χ1) is 18.0. The molecule has 0 spiro atoms. The lowest BCUT2D eigenvalue weighted by molar-refractivity contribution is -0.117. The Hall–Kier alpha value is -4.07. The highest BCUT2D eigenvalue weighted by molar-refractivity contribution is 5.98. The van der Waals surface area contributed by atoms with E-state index < -0.39 is 11.2 Å². The number of nitrogens with two attached hydrogens (primary N) is 1. The molecule has 1 amide bonds. The van der Waals surface area contributed by atoms with Gasteiger partial charge >= 0.3 is 5.69 Å². The third-order valence-electron chi connectivity index (χ3n) is 7.32. The Kier molecular flexibility index (Phi) is 7.25. The zero-order valence-corrected chi connectivity index (χ0v) is 21.0. The van der Waals surface area contributed by atoms with Crippen molar-refractivity contribution in [3.63, 3.8) is 0 Å². The van der Waals surface area contributed by atoms with Gasteiger partial charge < -0.3 is 15.5 Å². The van der Waals surface area contributed by atoms with Crippen molar-refractivity contribution in [3.8, 4) is 0 Å². The Balaban J connectivity index is 1.48. The molecule has 0 saturated heterocycles. The van der Waals surface area contributed by atoms with E-state index in [4.69, 9.17) is 5.73 Å². The second-order valence-corrected chi connectivity index (χ2v) is 9.77. The van der Waals surface area contributed by atoms with Crippen LogP contribution in [0.1, 0.15) is 43.2 Å². The van der Waals surface area contributed by atoms with Crippen molar-refractivity contribution in [2.75, 3.05) is 35.2 Å². The molecule has 8 heteroatoms. The summed E-state index contributed by atoms with van der Waals surface area (Å²) in [5.41, 5.74) is 9.83. The number of hydrogen-bond donors (Lipinski definition) is 2. The smallest absolute Gasteiger partial charge is 0.330 e. The minimum Gasteiger partial charge on any atom is -0.383 e. The van der Waals surface area contributed by atoms with Crippen LogP contribution in [0.3, 0.4) is 0 Å². The van der Waals surface area contributed by atoms with Crippen LogP contribution < -0.4 is 26.8 Å². The maximum Gasteiger partial charge on any atom is 0.330 e. The van der Waals surface area contributed by atoms with E-state index in [1.807, 2.05) is 54.6 Å². The Morgan fingerprint density at radius 2 is 1.78 bits per heavy atom. The van der Waals surface area contributed by atoms with Gasteiger partial charge in [-0.15, -0.1) is 0 Å². The number of hydrogen-bond acceptors (Lipinski definition) is 5. The van der Waals surface area contributed by atoms with Crippen LogP contribution in [0.5, 0.6) is 0 Å². The summed E-state index contributed by atoms with van der Waals surface area (Å²) in [6.07, 6.45) is 8.24. The number of rotatable bonds is 8. The van der Waals surface area contributed by atoms with E-state index in [9.17, 15) is 14.4 Å². The van der Waals surface area contributed by atoms with Gasteiger partial charge in [-0.3, -0.25) is 19.1 Å². The van der Waals surface area contributed by atoms with E-state index in [0.717, 1.165) is 48.9 Å². The number of carbonyl (C=O) groups is 1. The average molecular weight is 500 g/mol. The standard InChI is InChI=1S/C29H33N5O3/c30-27-26(28(36)31-29(37)34(27)19-22-11-5-2-6-12-22)32(17-15-21-9-3-1-4-10-21)20-25(35)33-18-16-23-13-7-8-14-24(23)33/h2,5-9,11-14H,1,3-4,10,15-20,30H2,(H,31,36,37). The van der Waals surface area contributed by atoms with Crippen LogP contribution in [-0.4, -0.2) is 35.1 Å². The van der Waals surface area contributed by atoms with Gasteiger partial charge in [-0.1, -0.05) is 60.2 Å². The molecule has 0 unspecified atom stereocenters. The second-order valence-electron chi connectivity index (χ2n) is 9.77. The number of allylic oxidation sites excluding steroid dienone is 1. The number of aromatic amines is 1. The van der Waals surface area contributed by atoms with Crippen molar-refractivity contribution >= 4 is 23.1 Å². The van der Waals surface area contributed by atoms with E-state index in [1.54, 1.807) is 9.80 Å². The molecule has 1 aliphatic heterocycles. The Morgan fingerprint density at radius 3 is 2.57 bits per heavy atom. The van der Waals surface area contributed by atoms with E-state index >= 15 is 0 Å². The van der Waals surface area contributed by atoms with Crippen LogP contribution in [0.2, 0.25) is 0 Å². The average Bonchev–Trinajstić information content (AvgIpc) is 3.35. The molecule has 3 aromatic rings. The first-order valence-corrected chi connectivity index (χ1v) is 13.0. The molecular formula is C29H33N5O3. The Bertz CT molecular complexity index is 1420. The topological polar surface area (TPSA) is 104 Å². The number of anilines is 3. The molecule has 192 valence electrons. The second kappa shape index (κ2) is 10.9. The molecule has 2 heterocycles. The van der Waals surface area contributed by atoms with Gasteiger partial charge in [0.1, 0.15) is 11.5 Å². The highest BCUT2D eigenvalue weighted by Crippen LogP contribution is 2.29. The lowest BCUT2D eigenvalue weighted by atomic mass is 9.97.